The van der Waals surface area contributed by atoms with Crippen LogP contribution < -0.4 is 0 Å². The van der Waals surface area contributed by atoms with Crippen molar-refractivity contribution < 1.29 is 9.90 Å². The van der Waals surface area contributed by atoms with Crippen LogP contribution in [0, 0.1) is 5.92 Å². The number of Topliss-reactive ketones (excluding diaryl/α,β-unsaturated/α-hetero) is 1. The van der Waals surface area contributed by atoms with Crippen LogP contribution in [0.1, 0.15) is 25.7 Å². The molecule has 1 unspecified atom stereocenters. The molecule has 0 saturated carbocycles. The number of carbonyl (C=O) groups is 1. The Morgan fingerprint density at radius 1 is 1.55 bits per heavy atom. The van der Waals surface area contributed by atoms with Crippen molar-refractivity contribution in [1.29, 1.82) is 0 Å². The Balaban J connectivity index is 2.32. The highest BCUT2D eigenvalue weighted by molar-refractivity contribution is 5.83. The van der Waals surface area contributed by atoms with E-state index in [0.717, 1.165) is 19.3 Å². The Kier molecular flexibility index (Phi) is 3.30. The van der Waals surface area contributed by atoms with E-state index in [0.29, 0.717) is 12.2 Å². The normalized spacial score (nSPS) is 24.1. The standard InChI is InChI=1S/C9H14O2/c10-7-3-5-8-4-1-2-6-9(8)11/h1-2,8,10H,3-7H2. The Morgan fingerprint density at radius 3 is 3.00 bits per heavy atom. The predicted molar refractivity (Wildman–Crippen MR) is 43.2 cm³/mol. The fraction of sp³-hybridized carbons (Fsp3) is 0.667. The number of aliphatic hydroxyl groups excluding tert-OH is 1. The van der Waals surface area contributed by atoms with Crippen LogP contribution >= 0.6 is 0 Å². The molecule has 0 fully saturated rings. The number of hydrogen-bond acceptors (Lipinski definition) is 2. The van der Waals surface area contributed by atoms with Crippen molar-refractivity contribution in [3.8, 4) is 0 Å². The molecule has 2 heteroatoms. The highest BCUT2D eigenvalue weighted by Gasteiger charge is 2.17. The maximum Gasteiger partial charge on any atom is 0.140 e. The molecular weight excluding hydrogens is 140 g/mol. The topological polar surface area (TPSA) is 37.3 Å². The Bertz CT molecular complexity index is 161. The van der Waals surface area contributed by atoms with Crippen molar-refractivity contribution in [1.82, 2.24) is 0 Å². The van der Waals surface area contributed by atoms with Crippen molar-refractivity contribution in [3.63, 3.8) is 0 Å². The molecule has 0 bridgehead atoms. The summed E-state index contributed by atoms with van der Waals surface area (Å²) in [5.74, 6) is 0.521. The third-order valence-electron chi connectivity index (χ3n) is 2.07. The minimum atomic E-state index is 0.187. The number of carbonyl (C=O) groups excluding carboxylic acids is 1. The van der Waals surface area contributed by atoms with Crippen LogP contribution in [0.5, 0.6) is 0 Å². The minimum Gasteiger partial charge on any atom is -0.396 e. The van der Waals surface area contributed by atoms with E-state index in [9.17, 15) is 4.79 Å². The van der Waals surface area contributed by atoms with E-state index in [-0.39, 0.29) is 12.5 Å². The third-order valence-corrected chi connectivity index (χ3v) is 2.07. The van der Waals surface area contributed by atoms with Crippen LogP contribution in [-0.4, -0.2) is 17.5 Å². The summed E-state index contributed by atoms with van der Waals surface area (Å²) in [6.45, 7) is 0.202. The summed E-state index contributed by atoms with van der Waals surface area (Å²) in [5.41, 5.74) is 0. The van der Waals surface area contributed by atoms with Gasteiger partial charge in [0.1, 0.15) is 5.78 Å². The van der Waals surface area contributed by atoms with E-state index in [1.807, 2.05) is 6.08 Å². The van der Waals surface area contributed by atoms with Gasteiger partial charge in [0.15, 0.2) is 0 Å². The monoisotopic (exact) mass is 154 g/mol. The summed E-state index contributed by atoms with van der Waals surface area (Å²) >= 11 is 0. The average molecular weight is 154 g/mol. The van der Waals surface area contributed by atoms with E-state index >= 15 is 0 Å². The summed E-state index contributed by atoms with van der Waals surface area (Å²) in [7, 11) is 0. The van der Waals surface area contributed by atoms with Gasteiger partial charge in [-0.05, 0) is 19.3 Å². The highest BCUT2D eigenvalue weighted by atomic mass is 16.2. The molecule has 0 amide bonds. The van der Waals surface area contributed by atoms with Gasteiger partial charge in [-0.2, -0.15) is 0 Å². The van der Waals surface area contributed by atoms with Crippen LogP contribution in [0.15, 0.2) is 12.2 Å². The first-order valence-electron chi connectivity index (χ1n) is 4.13. The molecule has 0 saturated heterocycles. The van der Waals surface area contributed by atoms with Gasteiger partial charge in [0.25, 0.3) is 0 Å². The molecule has 0 spiro atoms. The van der Waals surface area contributed by atoms with Crippen molar-refractivity contribution in [2.24, 2.45) is 5.92 Å². The molecule has 0 aliphatic heterocycles. The second kappa shape index (κ2) is 4.29. The van der Waals surface area contributed by atoms with Gasteiger partial charge in [-0.3, -0.25) is 4.79 Å². The first-order valence-corrected chi connectivity index (χ1v) is 4.13. The molecule has 0 aromatic carbocycles. The Hall–Kier alpha value is -0.630. The first-order chi connectivity index (χ1) is 5.34. The van der Waals surface area contributed by atoms with Gasteiger partial charge in [0.2, 0.25) is 0 Å². The molecule has 2 nitrogen and oxygen atoms in total. The van der Waals surface area contributed by atoms with E-state index in [1.54, 1.807) is 0 Å². The summed E-state index contributed by atoms with van der Waals surface area (Å²) < 4.78 is 0. The molecule has 11 heavy (non-hydrogen) atoms. The zero-order valence-corrected chi connectivity index (χ0v) is 6.62. The van der Waals surface area contributed by atoms with E-state index in [2.05, 4.69) is 6.08 Å². The first kappa shape index (κ1) is 8.47. The van der Waals surface area contributed by atoms with Crippen LogP contribution in [-0.2, 0) is 4.79 Å². The van der Waals surface area contributed by atoms with Crippen molar-refractivity contribution in [2.75, 3.05) is 6.61 Å². The highest BCUT2D eigenvalue weighted by Crippen LogP contribution is 2.19. The van der Waals surface area contributed by atoms with Gasteiger partial charge in [0, 0.05) is 18.9 Å². The number of ketones is 1. The van der Waals surface area contributed by atoms with Gasteiger partial charge in [-0.1, -0.05) is 12.2 Å². The quantitative estimate of drug-likeness (QED) is 0.622. The molecule has 0 aromatic heterocycles. The zero-order valence-electron chi connectivity index (χ0n) is 6.62. The lowest BCUT2D eigenvalue weighted by atomic mass is 9.89. The average Bonchev–Trinajstić information content (AvgIpc) is 2.03. The summed E-state index contributed by atoms with van der Waals surface area (Å²) in [6.07, 6.45) is 7.06. The van der Waals surface area contributed by atoms with Gasteiger partial charge < -0.3 is 5.11 Å². The molecule has 1 aliphatic rings. The van der Waals surface area contributed by atoms with Crippen molar-refractivity contribution in [2.45, 2.75) is 25.7 Å². The zero-order chi connectivity index (χ0) is 8.10. The van der Waals surface area contributed by atoms with Gasteiger partial charge in [-0.15, -0.1) is 0 Å². The second-order valence-corrected chi connectivity index (χ2v) is 2.94. The van der Waals surface area contributed by atoms with Gasteiger partial charge >= 0.3 is 0 Å². The fourth-order valence-corrected chi connectivity index (χ4v) is 1.37. The summed E-state index contributed by atoms with van der Waals surface area (Å²) in [4.78, 5) is 11.2. The van der Waals surface area contributed by atoms with Crippen molar-refractivity contribution in [3.05, 3.63) is 12.2 Å². The summed E-state index contributed by atoms with van der Waals surface area (Å²) in [5, 5.41) is 8.55. The van der Waals surface area contributed by atoms with Crippen LogP contribution in [0.4, 0.5) is 0 Å². The molecule has 0 heterocycles. The Morgan fingerprint density at radius 2 is 2.36 bits per heavy atom. The maximum absolute atomic E-state index is 11.2. The number of hydrogen-bond donors (Lipinski definition) is 1. The fourth-order valence-electron chi connectivity index (χ4n) is 1.37. The molecule has 0 aromatic rings. The maximum atomic E-state index is 11.2. The molecular formula is C9H14O2. The van der Waals surface area contributed by atoms with Crippen LogP contribution in [0.2, 0.25) is 0 Å². The minimum absolute atomic E-state index is 0.187. The summed E-state index contributed by atoms with van der Waals surface area (Å²) in [6, 6.07) is 0. The SMILES string of the molecule is O=C1CC=CCC1CCCO. The lowest BCUT2D eigenvalue weighted by Gasteiger charge is -2.15. The molecule has 62 valence electrons. The number of rotatable bonds is 3. The number of aliphatic hydroxyl groups is 1. The lowest BCUT2D eigenvalue weighted by Crippen LogP contribution is -2.16. The predicted octanol–water partition coefficient (Wildman–Crippen LogP) is 1.29. The van der Waals surface area contributed by atoms with Gasteiger partial charge in [0.05, 0.1) is 0 Å². The van der Waals surface area contributed by atoms with Crippen LogP contribution in [0.3, 0.4) is 0 Å². The van der Waals surface area contributed by atoms with Crippen LogP contribution in [0.25, 0.3) is 0 Å². The largest absolute Gasteiger partial charge is 0.396 e. The van der Waals surface area contributed by atoms with E-state index in [4.69, 9.17) is 5.11 Å². The molecule has 0 radical (unpaired) electrons. The number of allylic oxidation sites excluding steroid dienone is 2. The lowest BCUT2D eigenvalue weighted by molar-refractivity contribution is -0.122. The molecule has 1 atom stereocenters. The van der Waals surface area contributed by atoms with E-state index < -0.39 is 0 Å². The van der Waals surface area contributed by atoms with Gasteiger partial charge in [-0.25, -0.2) is 0 Å². The molecule has 1 N–H and O–H groups in total. The third kappa shape index (κ3) is 2.46. The van der Waals surface area contributed by atoms with Crippen molar-refractivity contribution >= 4 is 5.78 Å². The van der Waals surface area contributed by atoms with E-state index in [1.165, 1.54) is 0 Å². The molecule has 1 rings (SSSR count). The smallest absolute Gasteiger partial charge is 0.140 e. The molecule has 1 aliphatic carbocycles. The second-order valence-electron chi connectivity index (χ2n) is 2.94. The Labute approximate surface area is 66.9 Å².